The Morgan fingerprint density at radius 3 is 2.74 bits per heavy atom. The van der Waals surface area contributed by atoms with Gasteiger partial charge < -0.3 is 5.32 Å². The summed E-state index contributed by atoms with van der Waals surface area (Å²) in [5.41, 5.74) is 4.83. The first-order valence-corrected chi connectivity index (χ1v) is 8.33. The molecule has 1 unspecified atom stereocenters. The number of nitrogens with one attached hydrogen (secondary N) is 2. The third-order valence-corrected chi connectivity index (χ3v) is 5.09. The molecular weight excluding hydrogens is 286 g/mol. The van der Waals surface area contributed by atoms with E-state index in [0.717, 1.165) is 5.82 Å². The number of amides is 1. The van der Waals surface area contributed by atoms with Crippen molar-refractivity contribution in [1.29, 1.82) is 0 Å². The first-order chi connectivity index (χ1) is 11.2. The molecule has 4 rings (SSSR count). The van der Waals surface area contributed by atoms with Crippen molar-refractivity contribution in [3.63, 3.8) is 0 Å². The number of hydrogen-bond donors (Lipinski definition) is 2. The maximum atomic E-state index is 12.1. The fourth-order valence-corrected chi connectivity index (χ4v) is 3.59. The zero-order valence-electron chi connectivity index (χ0n) is 13.3. The summed E-state index contributed by atoms with van der Waals surface area (Å²) in [5.74, 6) is 1.48. The number of benzene rings is 1. The Morgan fingerprint density at radius 1 is 1.26 bits per heavy atom. The van der Waals surface area contributed by atoms with E-state index in [1.165, 1.54) is 41.7 Å². The summed E-state index contributed by atoms with van der Waals surface area (Å²) in [7, 11) is 0. The molecule has 1 atom stereocenters. The van der Waals surface area contributed by atoms with E-state index in [1.54, 1.807) is 0 Å². The van der Waals surface area contributed by atoms with Gasteiger partial charge in [0.15, 0.2) is 5.82 Å². The third kappa shape index (κ3) is 2.58. The highest BCUT2D eigenvalue weighted by Gasteiger charge is 2.35. The molecule has 1 saturated carbocycles. The van der Waals surface area contributed by atoms with Gasteiger partial charge in [0.2, 0.25) is 5.91 Å². The van der Waals surface area contributed by atoms with E-state index in [9.17, 15) is 4.79 Å². The number of hydrogen-bond acceptors (Lipinski definition) is 2. The van der Waals surface area contributed by atoms with Crippen LogP contribution in [0.3, 0.4) is 0 Å². The second kappa shape index (κ2) is 5.69. The minimum absolute atomic E-state index is 0.0509. The maximum Gasteiger partial charge on any atom is 0.226 e. The highest BCUT2D eigenvalue weighted by atomic mass is 16.1. The van der Waals surface area contributed by atoms with Crippen molar-refractivity contribution in [2.24, 2.45) is 0 Å². The summed E-state index contributed by atoms with van der Waals surface area (Å²) < 4.78 is 0. The fraction of sp³-hybridized carbons (Fsp3) is 0.368. The van der Waals surface area contributed by atoms with E-state index in [4.69, 9.17) is 0 Å². The molecule has 2 N–H and O–H groups in total. The van der Waals surface area contributed by atoms with Crippen molar-refractivity contribution in [2.75, 3.05) is 5.32 Å². The van der Waals surface area contributed by atoms with E-state index in [-0.39, 0.29) is 11.8 Å². The van der Waals surface area contributed by atoms with Crippen molar-refractivity contribution >= 4 is 17.8 Å². The molecule has 1 aromatic heterocycles. The SMILES string of the molecule is C/C(=C\c1ccccc1)C1CC(=O)Nc2n[nH]c(C3CCC3)c21. The van der Waals surface area contributed by atoms with Crippen LogP contribution in [0.4, 0.5) is 5.82 Å². The van der Waals surface area contributed by atoms with Crippen molar-refractivity contribution in [2.45, 2.75) is 44.4 Å². The van der Waals surface area contributed by atoms with Crippen molar-refractivity contribution < 1.29 is 4.79 Å². The molecule has 23 heavy (non-hydrogen) atoms. The Kier molecular flexibility index (Phi) is 3.52. The van der Waals surface area contributed by atoms with Gasteiger partial charge in [-0.2, -0.15) is 5.10 Å². The lowest BCUT2D eigenvalue weighted by Gasteiger charge is -2.29. The van der Waals surface area contributed by atoms with Gasteiger partial charge in [-0.1, -0.05) is 48.4 Å². The summed E-state index contributed by atoms with van der Waals surface area (Å²) >= 11 is 0. The third-order valence-electron chi connectivity index (χ3n) is 5.09. The number of nitrogens with zero attached hydrogens (tertiary/aromatic N) is 1. The van der Waals surface area contributed by atoms with Gasteiger partial charge in [0.05, 0.1) is 0 Å². The lowest BCUT2D eigenvalue weighted by atomic mass is 9.76. The van der Waals surface area contributed by atoms with Crippen LogP contribution in [0.2, 0.25) is 0 Å². The van der Waals surface area contributed by atoms with E-state index >= 15 is 0 Å². The van der Waals surface area contributed by atoms with Gasteiger partial charge in [-0.3, -0.25) is 9.89 Å². The van der Waals surface area contributed by atoms with E-state index in [0.29, 0.717) is 12.3 Å². The summed E-state index contributed by atoms with van der Waals surface area (Å²) in [5, 5.41) is 10.5. The molecule has 1 aliphatic carbocycles. The van der Waals surface area contributed by atoms with E-state index in [2.05, 4.69) is 40.6 Å². The predicted molar refractivity (Wildman–Crippen MR) is 91.3 cm³/mol. The molecule has 1 aromatic carbocycles. The molecule has 2 heterocycles. The Bertz CT molecular complexity index is 756. The maximum absolute atomic E-state index is 12.1. The summed E-state index contributed by atoms with van der Waals surface area (Å²) in [6.07, 6.45) is 6.41. The van der Waals surface area contributed by atoms with Crippen LogP contribution in [0.5, 0.6) is 0 Å². The minimum atomic E-state index is 0.0509. The molecule has 0 spiro atoms. The van der Waals surface area contributed by atoms with E-state index in [1.807, 2.05) is 18.2 Å². The van der Waals surface area contributed by atoms with Crippen molar-refractivity contribution in [3.05, 3.63) is 52.7 Å². The molecular formula is C19H21N3O. The number of allylic oxidation sites excluding steroid dienone is 1. The van der Waals surface area contributed by atoms with E-state index < -0.39 is 0 Å². The monoisotopic (exact) mass is 307 g/mol. The Balaban J connectivity index is 1.73. The molecule has 1 amide bonds. The molecule has 118 valence electrons. The lowest BCUT2D eigenvalue weighted by molar-refractivity contribution is -0.116. The topological polar surface area (TPSA) is 57.8 Å². The second-order valence-corrected chi connectivity index (χ2v) is 6.63. The van der Waals surface area contributed by atoms with Gasteiger partial charge in [-0.05, 0) is 25.3 Å². The van der Waals surface area contributed by atoms with Gasteiger partial charge in [0, 0.05) is 29.5 Å². The zero-order valence-corrected chi connectivity index (χ0v) is 13.3. The number of aromatic nitrogens is 2. The minimum Gasteiger partial charge on any atom is -0.309 e. The number of fused-ring (bicyclic) bond motifs is 1. The largest absolute Gasteiger partial charge is 0.309 e. The molecule has 1 fully saturated rings. The van der Waals surface area contributed by atoms with Crippen LogP contribution in [-0.4, -0.2) is 16.1 Å². The first kappa shape index (κ1) is 14.2. The Morgan fingerprint density at radius 2 is 2.04 bits per heavy atom. The number of anilines is 1. The summed E-state index contributed by atoms with van der Waals surface area (Å²) in [6.45, 7) is 2.12. The average molecular weight is 307 g/mol. The molecule has 4 heteroatoms. The van der Waals surface area contributed by atoms with Crippen LogP contribution in [0.1, 0.15) is 61.3 Å². The average Bonchev–Trinajstić information content (AvgIpc) is 2.89. The fourth-order valence-electron chi connectivity index (χ4n) is 3.59. The van der Waals surface area contributed by atoms with Gasteiger partial charge in [-0.25, -0.2) is 0 Å². The highest BCUT2D eigenvalue weighted by Crippen LogP contribution is 2.45. The first-order valence-electron chi connectivity index (χ1n) is 8.33. The smallest absolute Gasteiger partial charge is 0.226 e. The quantitative estimate of drug-likeness (QED) is 0.892. The number of carbonyl (C=O) groups excluding carboxylic acids is 1. The standard InChI is InChI=1S/C19H21N3O/c1-12(10-13-6-3-2-4-7-13)15-11-16(23)20-19-17(15)18(21-22-19)14-8-5-9-14/h2-4,6-7,10,14-15H,5,8-9,11H2,1H3,(H2,20,21,22,23)/b12-10+. The number of H-pyrrole nitrogens is 1. The van der Waals surface area contributed by atoms with Crippen LogP contribution in [-0.2, 0) is 4.79 Å². The van der Waals surface area contributed by atoms with Crippen molar-refractivity contribution in [1.82, 2.24) is 10.2 Å². The van der Waals surface area contributed by atoms with Crippen LogP contribution < -0.4 is 5.32 Å². The second-order valence-electron chi connectivity index (χ2n) is 6.63. The van der Waals surface area contributed by atoms with Crippen LogP contribution in [0, 0.1) is 0 Å². The van der Waals surface area contributed by atoms with Crippen molar-refractivity contribution in [3.8, 4) is 0 Å². The number of carbonyl (C=O) groups is 1. The zero-order chi connectivity index (χ0) is 15.8. The molecule has 4 nitrogen and oxygen atoms in total. The number of aromatic amines is 1. The predicted octanol–water partition coefficient (Wildman–Crippen LogP) is 4.21. The van der Waals surface area contributed by atoms with Gasteiger partial charge in [0.1, 0.15) is 0 Å². The molecule has 2 aromatic rings. The van der Waals surface area contributed by atoms with Crippen LogP contribution >= 0.6 is 0 Å². The Hall–Kier alpha value is -2.36. The lowest BCUT2D eigenvalue weighted by Crippen LogP contribution is -2.24. The molecule has 0 radical (unpaired) electrons. The molecule has 1 aliphatic heterocycles. The Labute approximate surface area is 136 Å². The van der Waals surface area contributed by atoms with Gasteiger partial charge >= 0.3 is 0 Å². The normalized spacial score (nSPS) is 21.5. The van der Waals surface area contributed by atoms with Crippen LogP contribution in [0.15, 0.2) is 35.9 Å². The molecule has 2 aliphatic rings. The molecule has 0 saturated heterocycles. The van der Waals surface area contributed by atoms with Crippen LogP contribution in [0.25, 0.3) is 6.08 Å². The molecule has 0 bridgehead atoms. The summed E-state index contributed by atoms with van der Waals surface area (Å²) in [6, 6.07) is 10.3. The number of rotatable bonds is 3. The van der Waals surface area contributed by atoms with Gasteiger partial charge in [-0.15, -0.1) is 0 Å². The highest BCUT2D eigenvalue weighted by molar-refractivity contribution is 5.94. The summed E-state index contributed by atoms with van der Waals surface area (Å²) in [4.78, 5) is 12.1. The van der Waals surface area contributed by atoms with Gasteiger partial charge in [0.25, 0.3) is 0 Å².